The molecule has 3 nitrogen and oxygen atoms in total. The van der Waals surface area contributed by atoms with Gasteiger partial charge in [0.25, 0.3) is 0 Å². The lowest BCUT2D eigenvalue weighted by Crippen LogP contribution is -1.96. The summed E-state index contributed by atoms with van der Waals surface area (Å²) >= 11 is 0. The molecule has 3 heteroatoms. The molecule has 0 aliphatic rings. The lowest BCUT2D eigenvalue weighted by Gasteiger charge is -2.01. The zero-order valence-electron chi connectivity index (χ0n) is 7.65. The molecule has 0 bridgehead atoms. The first kappa shape index (κ1) is 9.84. The molecular formula is C10H15NO2. The van der Waals surface area contributed by atoms with Gasteiger partial charge in [0, 0.05) is 25.4 Å². The minimum Gasteiger partial charge on any atom is -0.481 e. The van der Waals surface area contributed by atoms with Crippen molar-refractivity contribution in [2.75, 3.05) is 0 Å². The number of unbranched alkanes of at least 4 members (excludes halogenated alkanes) is 2. The van der Waals surface area contributed by atoms with E-state index in [1.165, 1.54) is 0 Å². The van der Waals surface area contributed by atoms with Crippen LogP contribution in [0.5, 0.6) is 0 Å². The Balaban J connectivity index is 1.99. The highest BCUT2D eigenvalue weighted by Gasteiger charge is 1.96. The number of carboxylic acid groups (broad SMARTS) is 1. The lowest BCUT2D eigenvalue weighted by atomic mass is 10.2. The average molecular weight is 181 g/mol. The molecule has 1 rings (SSSR count). The molecule has 0 amide bonds. The van der Waals surface area contributed by atoms with Crippen LogP contribution in [0.1, 0.15) is 25.7 Å². The topological polar surface area (TPSA) is 42.2 Å². The molecule has 1 aromatic rings. The van der Waals surface area contributed by atoms with Crippen LogP contribution >= 0.6 is 0 Å². The molecule has 0 saturated carbocycles. The van der Waals surface area contributed by atoms with Gasteiger partial charge in [-0.3, -0.25) is 4.79 Å². The van der Waals surface area contributed by atoms with Gasteiger partial charge in [0.15, 0.2) is 0 Å². The fourth-order valence-electron chi connectivity index (χ4n) is 1.27. The summed E-state index contributed by atoms with van der Waals surface area (Å²) in [7, 11) is 0. The van der Waals surface area contributed by atoms with Crippen LogP contribution in [0.15, 0.2) is 24.5 Å². The summed E-state index contributed by atoms with van der Waals surface area (Å²) in [5, 5.41) is 8.39. The molecule has 0 fully saturated rings. The fraction of sp³-hybridized carbons (Fsp3) is 0.500. The first-order valence-corrected chi connectivity index (χ1v) is 4.61. The van der Waals surface area contributed by atoms with Crippen LogP contribution in [0, 0.1) is 0 Å². The summed E-state index contributed by atoms with van der Waals surface area (Å²) in [5.41, 5.74) is 0. The van der Waals surface area contributed by atoms with E-state index in [2.05, 4.69) is 4.57 Å². The van der Waals surface area contributed by atoms with Gasteiger partial charge in [-0.2, -0.15) is 0 Å². The van der Waals surface area contributed by atoms with Crippen LogP contribution in [-0.4, -0.2) is 15.6 Å². The quantitative estimate of drug-likeness (QED) is 0.683. The second kappa shape index (κ2) is 5.41. The smallest absolute Gasteiger partial charge is 0.303 e. The number of hydrogen-bond donors (Lipinski definition) is 1. The van der Waals surface area contributed by atoms with Crippen molar-refractivity contribution in [3.05, 3.63) is 24.5 Å². The van der Waals surface area contributed by atoms with Crippen LogP contribution in [0.2, 0.25) is 0 Å². The lowest BCUT2D eigenvalue weighted by molar-refractivity contribution is -0.137. The van der Waals surface area contributed by atoms with Crippen molar-refractivity contribution in [2.45, 2.75) is 32.2 Å². The van der Waals surface area contributed by atoms with Gasteiger partial charge in [0.2, 0.25) is 0 Å². The second-order valence-electron chi connectivity index (χ2n) is 3.13. The maximum absolute atomic E-state index is 10.2. The molecule has 1 heterocycles. The number of rotatable bonds is 6. The van der Waals surface area contributed by atoms with Gasteiger partial charge in [0.05, 0.1) is 0 Å². The third-order valence-corrected chi connectivity index (χ3v) is 1.97. The summed E-state index contributed by atoms with van der Waals surface area (Å²) in [4.78, 5) is 10.2. The van der Waals surface area contributed by atoms with E-state index in [9.17, 15) is 4.79 Å². The zero-order valence-corrected chi connectivity index (χ0v) is 7.65. The molecule has 0 unspecified atom stereocenters. The highest BCUT2D eigenvalue weighted by Crippen LogP contribution is 2.02. The number of nitrogens with zero attached hydrogens (tertiary/aromatic N) is 1. The first-order valence-electron chi connectivity index (χ1n) is 4.61. The van der Waals surface area contributed by atoms with Gasteiger partial charge in [-0.1, -0.05) is 6.42 Å². The molecule has 0 aliphatic carbocycles. The van der Waals surface area contributed by atoms with E-state index in [0.29, 0.717) is 6.42 Å². The summed E-state index contributed by atoms with van der Waals surface area (Å²) in [6.45, 7) is 0.993. The van der Waals surface area contributed by atoms with Gasteiger partial charge in [0.1, 0.15) is 0 Å². The fourth-order valence-corrected chi connectivity index (χ4v) is 1.27. The molecule has 1 N–H and O–H groups in total. The predicted molar refractivity (Wildman–Crippen MR) is 50.5 cm³/mol. The van der Waals surface area contributed by atoms with Crippen LogP contribution in [-0.2, 0) is 11.3 Å². The molecular weight excluding hydrogens is 166 g/mol. The largest absolute Gasteiger partial charge is 0.481 e. The molecule has 1 aromatic heterocycles. The van der Waals surface area contributed by atoms with E-state index in [1.807, 2.05) is 24.5 Å². The monoisotopic (exact) mass is 181 g/mol. The van der Waals surface area contributed by atoms with Gasteiger partial charge in [-0.05, 0) is 25.0 Å². The van der Waals surface area contributed by atoms with Crippen LogP contribution in [0.3, 0.4) is 0 Å². The Hall–Kier alpha value is -1.25. The van der Waals surface area contributed by atoms with E-state index < -0.39 is 5.97 Å². The Kier molecular flexibility index (Phi) is 4.09. The Labute approximate surface area is 78.0 Å². The third-order valence-electron chi connectivity index (χ3n) is 1.97. The zero-order chi connectivity index (χ0) is 9.52. The Morgan fingerprint density at radius 2 is 1.85 bits per heavy atom. The van der Waals surface area contributed by atoms with Gasteiger partial charge in [-0.25, -0.2) is 0 Å². The minimum absolute atomic E-state index is 0.297. The van der Waals surface area contributed by atoms with Gasteiger partial charge < -0.3 is 9.67 Å². The van der Waals surface area contributed by atoms with Crippen molar-refractivity contribution in [3.63, 3.8) is 0 Å². The summed E-state index contributed by atoms with van der Waals surface area (Å²) in [5.74, 6) is -0.694. The molecule has 0 aliphatic heterocycles. The van der Waals surface area contributed by atoms with E-state index >= 15 is 0 Å². The molecule has 0 aromatic carbocycles. The van der Waals surface area contributed by atoms with Crippen LogP contribution in [0.25, 0.3) is 0 Å². The van der Waals surface area contributed by atoms with E-state index in [0.717, 1.165) is 25.8 Å². The summed E-state index contributed by atoms with van der Waals surface area (Å²) in [6.07, 6.45) is 7.18. The number of aromatic nitrogens is 1. The molecule has 0 spiro atoms. The molecule has 13 heavy (non-hydrogen) atoms. The molecule has 0 saturated heterocycles. The highest BCUT2D eigenvalue weighted by molar-refractivity contribution is 5.66. The van der Waals surface area contributed by atoms with Crippen molar-refractivity contribution >= 4 is 5.97 Å². The summed E-state index contributed by atoms with van der Waals surface area (Å²) < 4.78 is 2.11. The van der Waals surface area contributed by atoms with Gasteiger partial charge >= 0.3 is 5.97 Å². The predicted octanol–water partition coefficient (Wildman–Crippen LogP) is 2.13. The highest BCUT2D eigenvalue weighted by atomic mass is 16.4. The third kappa shape index (κ3) is 4.35. The molecule has 0 atom stereocenters. The van der Waals surface area contributed by atoms with Crippen LogP contribution in [0.4, 0.5) is 0 Å². The maximum Gasteiger partial charge on any atom is 0.303 e. The van der Waals surface area contributed by atoms with Crippen molar-refractivity contribution < 1.29 is 9.90 Å². The molecule has 72 valence electrons. The van der Waals surface area contributed by atoms with E-state index in [4.69, 9.17) is 5.11 Å². The van der Waals surface area contributed by atoms with Crippen molar-refractivity contribution in [3.8, 4) is 0 Å². The number of aliphatic carboxylic acids is 1. The second-order valence-corrected chi connectivity index (χ2v) is 3.13. The number of aryl methyl sites for hydroxylation is 1. The normalized spacial score (nSPS) is 10.2. The number of carbonyl (C=O) groups is 1. The molecule has 0 radical (unpaired) electrons. The Bertz CT molecular complexity index is 241. The van der Waals surface area contributed by atoms with Crippen molar-refractivity contribution in [1.82, 2.24) is 4.57 Å². The number of carboxylic acids is 1. The average Bonchev–Trinajstić information content (AvgIpc) is 2.55. The van der Waals surface area contributed by atoms with Gasteiger partial charge in [-0.15, -0.1) is 0 Å². The van der Waals surface area contributed by atoms with Crippen molar-refractivity contribution in [1.29, 1.82) is 0 Å². The van der Waals surface area contributed by atoms with E-state index in [-0.39, 0.29) is 0 Å². The van der Waals surface area contributed by atoms with Crippen molar-refractivity contribution in [2.24, 2.45) is 0 Å². The Morgan fingerprint density at radius 3 is 2.46 bits per heavy atom. The maximum atomic E-state index is 10.2. The van der Waals surface area contributed by atoms with Crippen LogP contribution < -0.4 is 0 Å². The summed E-state index contributed by atoms with van der Waals surface area (Å²) in [6, 6.07) is 3.99. The number of hydrogen-bond acceptors (Lipinski definition) is 1. The standard InChI is InChI=1S/C10H15NO2/c12-10(13)6-2-1-3-7-11-8-4-5-9-11/h4-5,8-9H,1-3,6-7H2,(H,12,13). The van der Waals surface area contributed by atoms with E-state index in [1.54, 1.807) is 0 Å². The first-order chi connectivity index (χ1) is 6.29. The SMILES string of the molecule is O=C(O)CCCCCn1cccc1. The minimum atomic E-state index is -0.694. The Morgan fingerprint density at radius 1 is 1.15 bits per heavy atom.